The second kappa shape index (κ2) is 6.50. The molecule has 0 aliphatic carbocycles. The lowest BCUT2D eigenvalue weighted by Gasteiger charge is -2.29. The van der Waals surface area contributed by atoms with Crippen LogP contribution in [0.25, 0.3) is 6.08 Å². The lowest BCUT2D eigenvalue weighted by molar-refractivity contribution is -0.884. The second-order valence-electron chi connectivity index (χ2n) is 5.16. The summed E-state index contributed by atoms with van der Waals surface area (Å²) in [5.74, 6) is -0.0554. The second-order valence-corrected chi connectivity index (χ2v) is 5.16. The van der Waals surface area contributed by atoms with Gasteiger partial charge in [0.15, 0.2) is 0 Å². The highest BCUT2D eigenvalue weighted by molar-refractivity contribution is 5.91. The van der Waals surface area contributed by atoms with E-state index in [1.54, 1.807) is 6.08 Å². The van der Waals surface area contributed by atoms with Crippen molar-refractivity contribution in [3.63, 3.8) is 0 Å². The molecule has 1 amide bonds. The highest BCUT2D eigenvalue weighted by Crippen LogP contribution is 2.04. The Bertz CT molecular complexity index is 445. The number of hydrogen-bond acceptors (Lipinski definition) is 2. The summed E-state index contributed by atoms with van der Waals surface area (Å²) in [4.78, 5) is 13.3. The van der Waals surface area contributed by atoms with Crippen LogP contribution in [0.2, 0.25) is 0 Å². The Morgan fingerprint density at radius 3 is 2.53 bits per heavy atom. The lowest BCUT2D eigenvalue weighted by atomic mass is 10.1. The molecular weight excluding hydrogens is 238 g/mol. The summed E-state index contributed by atoms with van der Waals surface area (Å²) < 4.78 is 0. The molecule has 0 unspecified atom stereocenters. The third-order valence-electron chi connectivity index (χ3n) is 3.39. The molecule has 19 heavy (non-hydrogen) atoms. The summed E-state index contributed by atoms with van der Waals surface area (Å²) in [7, 11) is 2.18. The van der Waals surface area contributed by atoms with Crippen LogP contribution in [0.4, 0.5) is 0 Å². The Labute approximate surface area is 114 Å². The molecule has 4 heteroatoms. The van der Waals surface area contributed by atoms with Gasteiger partial charge in [-0.15, -0.1) is 0 Å². The van der Waals surface area contributed by atoms with E-state index in [4.69, 9.17) is 0 Å². The number of carbonyl (C=O) groups excluding carboxylic acids is 1. The van der Waals surface area contributed by atoms with Crippen LogP contribution in [0.15, 0.2) is 30.3 Å². The Balaban J connectivity index is 1.82. The standard InChI is InChI=1S/C15H21N3O/c1-13-3-5-14(6-4-13)7-8-15(19)16-18-11-9-17(2)10-12-18/h3-8H,9-12H2,1-2H3,(H,16,19)/p+1/b8-7+. The van der Waals surface area contributed by atoms with Gasteiger partial charge >= 0.3 is 0 Å². The average molecular weight is 260 g/mol. The molecule has 1 fully saturated rings. The lowest BCUT2D eigenvalue weighted by Crippen LogP contribution is -3.12. The number of aryl methyl sites for hydroxylation is 1. The minimum atomic E-state index is -0.0554. The van der Waals surface area contributed by atoms with Crippen LogP contribution >= 0.6 is 0 Å². The summed E-state index contributed by atoms with van der Waals surface area (Å²) in [5.41, 5.74) is 5.18. The van der Waals surface area contributed by atoms with Crippen molar-refractivity contribution in [3.05, 3.63) is 41.5 Å². The van der Waals surface area contributed by atoms with E-state index in [-0.39, 0.29) is 5.91 Å². The van der Waals surface area contributed by atoms with Gasteiger partial charge in [-0.25, -0.2) is 5.01 Å². The third-order valence-corrected chi connectivity index (χ3v) is 3.39. The number of carbonyl (C=O) groups is 1. The number of amides is 1. The predicted molar refractivity (Wildman–Crippen MR) is 76.5 cm³/mol. The topological polar surface area (TPSA) is 36.8 Å². The first-order chi connectivity index (χ1) is 9.13. The van der Waals surface area contributed by atoms with Crippen LogP contribution < -0.4 is 10.3 Å². The van der Waals surface area contributed by atoms with E-state index in [2.05, 4.69) is 19.4 Å². The zero-order valence-electron chi connectivity index (χ0n) is 11.6. The summed E-state index contributed by atoms with van der Waals surface area (Å²) in [5, 5.41) is 1.99. The number of hydrogen-bond donors (Lipinski definition) is 2. The normalized spacial score (nSPS) is 17.8. The van der Waals surface area contributed by atoms with Gasteiger partial charge in [0.25, 0.3) is 5.91 Å². The maximum Gasteiger partial charge on any atom is 0.258 e. The third kappa shape index (κ3) is 4.50. The van der Waals surface area contributed by atoms with Crippen LogP contribution in [-0.4, -0.2) is 44.1 Å². The number of hydrazine groups is 1. The fourth-order valence-corrected chi connectivity index (χ4v) is 2.04. The van der Waals surface area contributed by atoms with Crippen molar-refractivity contribution in [2.75, 3.05) is 33.2 Å². The molecule has 102 valence electrons. The van der Waals surface area contributed by atoms with Crippen molar-refractivity contribution < 1.29 is 9.69 Å². The number of rotatable bonds is 3. The van der Waals surface area contributed by atoms with E-state index in [0.29, 0.717) is 0 Å². The van der Waals surface area contributed by atoms with E-state index >= 15 is 0 Å². The zero-order chi connectivity index (χ0) is 13.7. The van der Waals surface area contributed by atoms with Gasteiger partial charge in [0.2, 0.25) is 0 Å². The zero-order valence-corrected chi connectivity index (χ0v) is 11.6. The van der Waals surface area contributed by atoms with Crippen LogP contribution in [0.3, 0.4) is 0 Å². The molecule has 1 aromatic rings. The summed E-state index contributed by atoms with van der Waals surface area (Å²) >= 11 is 0. The fraction of sp³-hybridized carbons (Fsp3) is 0.400. The Morgan fingerprint density at radius 2 is 1.89 bits per heavy atom. The molecule has 1 saturated heterocycles. The molecule has 0 aromatic heterocycles. The first-order valence-corrected chi connectivity index (χ1v) is 6.75. The minimum Gasteiger partial charge on any atom is -0.335 e. The predicted octanol–water partition coefficient (Wildman–Crippen LogP) is -0.130. The SMILES string of the molecule is Cc1ccc(/C=C/C(=O)NN2CC[NH+](C)CC2)cc1. The maximum absolute atomic E-state index is 11.8. The number of quaternary nitrogens is 1. The summed E-state index contributed by atoms with van der Waals surface area (Å²) in [6.45, 7) is 6.02. The molecular formula is C15H22N3O+. The van der Waals surface area contributed by atoms with E-state index < -0.39 is 0 Å². The molecule has 0 bridgehead atoms. The highest BCUT2D eigenvalue weighted by atomic mass is 16.2. The first kappa shape index (κ1) is 13.8. The fourth-order valence-electron chi connectivity index (χ4n) is 2.04. The van der Waals surface area contributed by atoms with Crippen LogP contribution in [0.5, 0.6) is 0 Å². The van der Waals surface area contributed by atoms with E-state index in [9.17, 15) is 4.79 Å². The summed E-state index contributed by atoms with van der Waals surface area (Å²) in [6, 6.07) is 8.11. The quantitative estimate of drug-likeness (QED) is 0.743. The number of nitrogens with one attached hydrogen (secondary N) is 2. The van der Waals surface area contributed by atoms with Gasteiger partial charge in [-0.3, -0.25) is 10.2 Å². The molecule has 1 heterocycles. The van der Waals surface area contributed by atoms with Crippen molar-refractivity contribution >= 4 is 12.0 Å². The van der Waals surface area contributed by atoms with Crippen molar-refractivity contribution in [1.29, 1.82) is 0 Å². The smallest absolute Gasteiger partial charge is 0.258 e. The molecule has 1 aliphatic heterocycles. The largest absolute Gasteiger partial charge is 0.335 e. The van der Waals surface area contributed by atoms with E-state index in [0.717, 1.165) is 31.7 Å². The highest BCUT2D eigenvalue weighted by Gasteiger charge is 2.16. The van der Waals surface area contributed by atoms with Gasteiger partial charge in [0, 0.05) is 6.08 Å². The van der Waals surface area contributed by atoms with Crippen LogP contribution in [-0.2, 0) is 4.79 Å². The molecule has 0 radical (unpaired) electrons. The molecule has 1 aliphatic rings. The molecule has 2 rings (SSSR count). The molecule has 1 aromatic carbocycles. The number of piperazine rings is 1. The Hall–Kier alpha value is -1.65. The van der Waals surface area contributed by atoms with Gasteiger partial charge in [-0.05, 0) is 18.6 Å². The van der Waals surface area contributed by atoms with Gasteiger partial charge in [-0.2, -0.15) is 0 Å². The monoisotopic (exact) mass is 260 g/mol. The van der Waals surface area contributed by atoms with Gasteiger partial charge in [0.1, 0.15) is 0 Å². The van der Waals surface area contributed by atoms with Gasteiger partial charge in [-0.1, -0.05) is 29.8 Å². The number of likely N-dealkylation sites (N-methyl/N-ethyl adjacent to an activating group) is 1. The van der Waals surface area contributed by atoms with Crippen molar-refractivity contribution in [1.82, 2.24) is 10.4 Å². The van der Waals surface area contributed by atoms with Crippen molar-refractivity contribution in [2.45, 2.75) is 6.92 Å². The van der Waals surface area contributed by atoms with E-state index in [1.165, 1.54) is 10.5 Å². The van der Waals surface area contributed by atoms with Gasteiger partial charge < -0.3 is 4.90 Å². The first-order valence-electron chi connectivity index (χ1n) is 6.75. The molecule has 0 atom stereocenters. The molecule has 2 N–H and O–H groups in total. The molecule has 4 nitrogen and oxygen atoms in total. The van der Waals surface area contributed by atoms with Crippen LogP contribution in [0.1, 0.15) is 11.1 Å². The van der Waals surface area contributed by atoms with Crippen molar-refractivity contribution in [2.24, 2.45) is 0 Å². The molecule has 0 spiro atoms. The van der Waals surface area contributed by atoms with Gasteiger partial charge in [0.05, 0.1) is 33.2 Å². The minimum absolute atomic E-state index is 0.0554. The Kier molecular flexibility index (Phi) is 4.71. The Morgan fingerprint density at radius 1 is 1.26 bits per heavy atom. The average Bonchev–Trinajstić information content (AvgIpc) is 2.41. The molecule has 0 saturated carbocycles. The van der Waals surface area contributed by atoms with E-state index in [1.807, 2.05) is 35.4 Å². The summed E-state index contributed by atoms with van der Waals surface area (Å²) in [6.07, 6.45) is 3.44. The number of benzene rings is 1. The van der Waals surface area contributed by atoms with Crippen molar-refractivity contribution in [3.8, 4) is 0 Å². The number of nitrogens with zero attached hydrogens (tertiary/aromatic N) is 1. The van der Waals surface area contributed by atoms with Crippen LogP contribution in [0, 0.1) is 6.92 Å². The maximum atomic E-state index is 11.8.